The number of hydrogen-bond acceptors (Lipinski definition) is 4. The van der Waals surface area contributed by atoms with Crippen LogP contribution in [0.5, 0.6) is 5.75 Å². The zero-order chi connectivity index (χ0) is 16.0. The highest BCUT2D eigenvalue weighted by Crippen LogP contribution is 2.21. The Hall–Kier alpha value is -1.82. The molecule has 1 aromatic carbocycles. The van der Waals surface area contributed by atoms with Crippen LogP contribution in [0.4, 0.5) is 0 Å². The first-order valence-corrected chi connectivity index (χ1v) is 8.30. The zero-order valence-corrected chi connectivity index (χ0v) is 13.2. The minimum absolute atomic E-state index is 0.0392. The van der Waals surface area contributed by atoms with E-state index in [1.54, 1.807) is 26.0 Å². The van der Waals surface area contributed by atoms with Crippen molar-refractivity contribution in [1.29, 1.82) is 0 Å². The highest BCUT2D eigenvalue weighted by atomic mass is 32.2. The number of hydrogen-bond donors (Lipinski definition) is 1. The molecule has 0 bridgehead atoms. The van der Waals surface area contributed by atoms with E-state index in [0.717, 1.165) is 11.6 Å². The minimum atomic E-state index is -3.15. The smallest absolute Gasteiger partial charge is 0.328 e. The summed E-state index contributed by atoms with van der Waals surface area (Å²) in [6.45, 7) is 5.17. The molecule has 1 aromatic rings. The molecule has 0 saturated carbocycles. The Morgan fingerprint density at radius 2 is 2.05 bits per heavy atom. The number of carboxylic acids is 1. The summed E-state index contributed by atoms with van der Waals surface area (Å²) in [5.74, 6) is -0.650. The van der Waals surface area contributed by atoms with E-state index in [0.29, 0.717) is 11.3 Å². The van der Waals surface area contributed by atoms with E-state index in [4.69, 9.17) is 9.84 Å². The number of aliphatic carboxylic acids is 1. The van der Waals surface area contributed by atoms with Crippen molar-refractivity contribution in [1.82, 2.24) is 0 Å². The summed E-state index contributed by atoms with van der Waals surface area (Å²) in [4.78, 5) is 10.6. The van der Waals surface area contributed by atoms with Gasteiger partial charge in [-0.3, -0.25) is 0 Å². The highest BCUT2D eigenvalue weighted by molar-refractivity contribution is 7.91. The van der Waals surface area contributed by atoms with Gasteiger partial charge in [0.05, 0.1) is 11.0 Å². The molecule has 0 amide bonds. The maximum atomic E-state index is 11.7. The van der Waals surface area contributed by atoms with Crippen LogP contribution in [0.25, 0.3) is 6.08 Å². The first-order valence-electron chi connectivity index (χ1n) is 6.58. The van der Waals surface area contributed by atoms with Crippen LogP contribution in [-0.4, -0.2) is 37.1 Å². The number of rotatable bonds is 7. The van der Waals surface area contributed by atoms with Gasteiger partial charge in [-0.1, -0.05) is 11.6 Å². The summed E-state index contributed by atoms with van der Waals surface area (Å²) >= 11 is 0. The molecule has 0 aliphatic rings. The Morgan fingerprint density at radius 3 is 2.62 bits per heavy atom. The van der Waals surface area contributed by atoms with Crippen molar-refractivity contribution in [2.75, 3.05) is 12.4 Å². The predicted molar refractivity (Wildman–Crippen MR) is 82.3 cm³/mol. The lowest BCUT2D eigenvalue weighted by molar-refractivity contribution is -0.131. The average molecular weight is 312 g/mol. The van der Waals surface area contributed by atoms with Crippen LogP contribution >= 0.6 is 0 Å². The van der Waals surface area contributed by atoms with Gasteiger partial charge in [-0.2, -0.15) is 0 Å². The molecule has 5 nitrogen and oxygen atoms in total. The Balaban J connectivity index is 2.82. The lowest BCUT2D eigenvalue weighted by Crippen LogP contribution is -2.22. The molecule has 0 heterocycles. The van der Waals surface area contributed by atoms with Gasteiger partial charge in [-0.15, -0.1) is 0 Å². The monoisotopic (exact) mass is 312 g/mol. The zero-order valence-electron chi connectivity index (χ0n) is 12.4. The van der Waals surface area contributed by atoms with Gasteiger partial charge in [-0.05, 0) is 39.0 Å². The third-order valence-corrected chi connectivity index (χ3v) is 5.09. The van der Waals surface area contributed by atoms with Crippen molar-refractivity contribution in [3.63, 3.8) is 0 Å². The number of carboxylic acid groups (broad SMARTS) is 1. The molecule has 0 atom stereocenters. The normalized spacial score (nSPS) is 12.0. The first kappa shape index (κ1) is 17.2. The number of aryl methyl sites for hydroxylation is 1. The van der Waals surface area contributed by atoms with Gasteiger partial charge in [0.25, 0.3) is 0 Å². The molecule has 0 aliphatic carbocycles. The maximum Gasteiger partial charge on any atom is 0.328 e. The van der Waals surface area contributed by atoms with Gasteiger partial charge >= 0.3 is 5.97 Å². The molecule has 1 rings (SSSR count). The Labute approximate surface area is 125 Å². The Kier molecular flexibility index (Phi) is 5.96. The molecule has 0 spiro atoms. The number of benzene rings is 1. The molecule has 1 N–H and O–H groups in total. The third kappa shape index (κ3) is 5.59. The molecule has 116 valence electrons. The lowest BCUT2D eigenvalue weighted by atomic mass is 10.1. The van der Waals surface area contributed by atoms with Crippen LogP contribution in [-0.2, 0) is 14.6 Å². The van der Waals surface area contributed by atoms with Crippen molar-refractivity contribution in [2.45, 2.75) is 26.0 Å². The van der Waals surface area contributed by atoms with Gasteiger partial charge < -0.3 is 9.84 Å². The van der Waals surface area contributed by atoms with Crippen molar-refractivity contribution < 1.29 is 23.1 Å². The summed E-state index contributed by atoms with van der Waals surface area (Å²) in [6, 6.07) is 5.31. The third-order valence-electron chi connectivity index (χ3n) is 2.91. The highest BCUT2D eigenvalue weighted by Gasteiger charge is 2.16. The van der Waals surface area contributed by atoms with E-state index in [9.17, 15) is 13.2 Å². The van der Waals surface area contributed by atoms with Gasteiger partial charge in [0.15, 0.2) is 9.84 Å². The predicted octanol–water partition coefficient (Wildman–Crippen LogP) is 2.29. The summed E-state index contributed by atoms with van der Waals surface area (Å²) < 4.78 is 28.9. The summed E-state index contributed by atoms with van der Waals surface area (Å²) in [5, 5.41) is 8.23. The summed E-state index contributed by atoms with van der Waals surface area (Å²) in [6.07, 6.45) is 2.45. The van der Waals surface area contributed by atoms with Crippen molar-refractivity contribution in [3.05, 3.63) is 35.4 Å². The molecule has 0 aliphatic heterocycles. The van der Waals surface area contributed by atoms with E-state index >= 15 is 0 Å². The quantitative estimate of drug-likeness (QED) is 0.781. The number of sulfone groups is 1. The van der Waals surface area contributed by atoms with Crippen molar-refractivity contribution in [3.8, 4) is 5.75 Å². The standard InChI is InChI=1S/C15H20O5S/c1-11(2)21(18,19)9-8-20-14-6-4-12(3)10-13(14)5-7-15(16)17/h4-7,10-11H,8-9H2,1-3H3,(H,16,17)/b7-5+. The second kappa shape index (κ2) is 7.26. The van der Waals surface area contributed by atoms with Crippen LogP contribution in [0.15, 0.2) is 24.3 Å². The fourth-order valence-corrected chi connectivity index (χ4v) is 2.38. The number of carbonyl (C=O) groups is 1. The molecule has 0 radical (unpaired) electrons. The Morgan fingerprint density at radius 1 is 1.38 bits per heavy atom. The van der Waals surface area contributed by atoms with Gasteiger partial charge in [0, 0.05) is 11.6 Å². The molecule has 0 unspecified atom stereocenters. The SMILES string of the molecule is Cc1ccc(OCCS(=O)(=O)C(C)C)c(/C=C/C(=O)O)c1. The van der Waals surface area contributed by atoms with Crippen molar-refractivity contribution >= 4 is 21.9 Å². The summed E-state index contributed by atoms with van der Waals surface area (Å²) in [5.41, 5.74) is 1.57. The second-order valence-corrected chi connectivity index (χ2v) is 7.65. The van der Waals surface area contributed by atoms with Crippen LogP contribution in [0.2, 0.25) is 0 Å². The largest absolute Gasteiger partial charge is 0.492 e. The van der Waals surface area contributed by atoms with Crippen LogP contribution in [0.3, 0.4) is 0 Å². The van der Waals surface area contributed by atoms with E-state index < -0.39 is 21.1 Å². The fraction of sp³-hybridized carbons (Fsp3) is 0.400. The summed E-state index contributed by atoms with van der Waals surface area (Å²) in [7, 11) is -3.15. The second-order valence-electron chi connectivity index (χ2n) is 4.98. The van der Waals surface area contributed by atoms with E-state index in [2.05, 4.69) is 0 Å². The molecular weight excluding hydrogens is 292 g/mol. The van der Waals surface area contributed by atoms with Crippen LogP contribution < -0.4 is 4.74 Å². The van der Waals surface area contributed by atoms with E-state index in [1.165, 1.54) is 6.08 Å². The number of ether oxygens (including phenoxy) is 1. The first-order chi connectivity index (χ1) is 9.72. The molecule has 0 saturated heterocycles. The molecule has 0 fully saturated rings. The Bertz CT molecular complexity index is 629. The van der Waals surface area contributed by atoms with Gasteiger partial charge in [0.2, 0.25) is 0 Å². The molecular formula is C15H20O5S. The van der Waals surface area contributed by atoms with Gasteiger partial charge in [-0.25, -0.2) is 13.2 Å². The van der Waals surface area contributed by atoms with E-state index in [1.807, 2.05) is 13.0 Å². The minimum Gasteiger partial charge on any atom is -0.492 e. The topological polar surface area (TPSA) is 80.7 Å². The van der Waals surface area contributed by atoms with Gasteiger partial charge in [0.1, 0.15) is 12.4 Å². The lowest BCUT2D eigenvalue weighted by Gasteiger charge is -2.11. The molecule has 21 heavy (non-hydrogen) atoms. The fourth-order valence-electron chi connectivity index (χ4n) is 1.59. The van der Waals surface area contributed by atoms with E-state index in [-0.39, 0.29) is 12.4 Å². The average Bonchev–Trinajstić information content (AvgIpc) is 2.38. The van der Waals surface area contributed by atoms with Crippen LogP contribution in [0, 0.1) is 6.92 Å². The maximum absolute atomic E-state index is 11.7. The molecule has 0 aromatic heterocycles. The molecule has 6 heteroatoms. The van der Waals surface area contributed by atoms with Crippen LogP contribution in [0.1, 0.15) is 25.0 Å². The van der Waals surface area contributed by atoms with Crippen molar-refractivity contribution in [2.24, 2.45) is 0 Å².